The Labute approximate surface area is 97.7 Å². The SMILES string of the molecule is COc1ccc(Cl)c(N2CCC(=O)C2=O)c1. The summed E-state index contributed by atoms with van der Waals surface area (Å²) in [4.78, 5) is 24.1. The molecule has 0 unspecified atom stereocenters. The molecule has 0 radical (unpaired) electrons. The van der Waals surface area contributed by atoms with Crippen molar-refractivity contribution in [3.8, 4) is 5.75 Å². The normalized spacial score (nSPS) is 15.8. The predicted octanol–water partition coefficient (Wildman–Crippen LogP) is 1.65. The number of halogens is 1. The summed E-state index contributed by atoms with van der Waals surface area (Å²) < 4.78 is 5.05. The third kappa shape index (κ3) is 1.76. The van der Waals surface area contributed by atoms with Crippen molar-refractivity contribution >= 4 is 29.0 Å². The van der Waals surface area contributed by atoms with Crippen LogP contribution in [-0.4, -0.2) is 25.3 Å². The predicted molar refractivity (Wildman–Crippen MR) is 60.0 cm³/mol. The molecule has 1 aromatic rings. The molecular weight excluding hydrogens is 230 g/mol. The van der Waals surface area contributed by atoms with Crippen LogP contribution in [0.2, 0.25) is 5.02 Å². The Kier molecular flexibility index (Phi) is 2.83. The highest BCUT2D eigenvalue weighted by Crippen LogP contribution is 2.31. The van der Waals surface area contributed by atoms with Gasteiger partial charge in [0.15, 0.2) is 0 Å². The fourth-order valence-corrected chi connectivity index (χ4v) is 1.85. The molecule has 0 saturated carbocycles. The first-order valence-electron chi connectivity index (χ1n) is 4.81. The minimum absolute atomic E-state index is 0.242. The molecule has 1 aromatic carbocycles. The Morgan fingerprint density at radius 1 is 1.38 bits per heavy atom. The van der Waals surface area contributed by atoms with Crippen molar-refractivity contribution in [3.63, 3.8) is 0 Å². The van der Waals surface area contributed by atoms with Gasteiger partial charge in [0.05, 0.1) is 17.8 Å². The fourth-order valence-electron chi connectivity index (χ4n) is 1.63. The number of methoxy groups -OCH3 is 1. The summed E-state index contributed by atoms with van der Waals surface area (Å²) in [5, 5.41) is 0.434. The highest BCUT2D eigenvalue weighted by molar-refractivity contribution is 6.45. The van der Waals surface area contributed by atoms with E-state index in [1.807, 2.05) is 0 Å². The fraction of sp³-hybridized carbons (Fsp3) is 0.273. The summed E-state index contributed by atoms with van der Waals surface area (Å²) in [6, 6.07) is 5.00. The molecule has 84 valence electrons. The van der Waals surface area contributed by atoms with Crippen LogP contribution in [0.4, 0.5) is 5.69 Å². The lowest BCUT2D eigenvalue weighted by atomic mass is 10.2. The van der Waals surface area contributed by atoms with Crippen molar-refractivity contribution in [3.05, 3.63) is 23.2 Å². The number of benzene rings is 1. The maximum Gasteiger partial charge on any atom is 0.294 e. The maximum absolute atomic E-state index is 11.5. The van der Waals surface area contributed by atoms with Crippen LogP contribution in [-0.2, 0) is 9.59 Å². The van der Waals surface area contributed by atoms with Gasteiger partial charge in [-0.2, -0.15) is 0 Å². The van der Waals surface area contributed by atoms with Gasteiger partial charge in [-0.1, -0.05) is 11.6 Å². The average molecular weight is 240 g/mol. The average Bonchev–Trinajstić information content (AvgIpc) is 2.61. The van der Waals surface area contributed by atoms with Gasteiger partial charge in [-0.25, -0.2) is 0 Å². The first-order valence-corrected chi connectivity index (χ1v) is 5.19. The highest BCUT2D eigenvalue weighted by Gasteiger charge is 2.31. The first-order chi connectivity index (χ1) is 7.63. The monoisotopic (exact) mass is 239 g/mol. The second kappa shape index (κ2) is 4.14. The van der Waals surface area contributed by atoms with Crippen molar-refractivity contribution in [2.45, 2.75) is 6.42 Å². The van der Waals surface area contributed by atoms with Gasteiger partial charge in [-0.3, -0.25) is 9.59 Å². The number of nitrogens with zero attached hydrogens (tertiary/aromatic N) is 1. The summed E-state index contributed by atoms with van der Waals surface area (Å²) >= 11 is 5.99. The van der Waals surface area contributed by atoms with Crippen LogP contribution in [0.3, 0.4) is 0 Å². The summed E-state index contributed by atoms with van der Waals surface area (Å²) in [5.41, 5.74) is 0.525. The Bertz CT molecular complexity index is 459. The van der Waals surface area contributed by atoms with E-state index in [1.165, 1.54) is 12.0 Å². The lowest BCUT2D eigenvalue weighted by molar-refractivity contribution is -0.133. The molecule has 0 atom stereocenters. The van der Waals surface area contributed by atoms with Crippen LogP contribution in [0, 0.1) is 0 Å². The summed E-state index contributed by atoms with van der Waals surface area (Å²) in [7, 11) is 1.53. The number of amides is 1. The zero-order chi connectivity index (χ0) is 11.7. The number of ketones is 1. The minimum atomic E-state index is -0.504. The van der Waals surface area contributed by atoms with Gasteiger partial charge < -0.3 is 9.64 Å². The molecule has 1 saturated heterocycles. The second-order valence-electron chi connectivity index (χ2n) is 3.45. The number of hydrogen-bond donors (Lipinski definition) is 0. The molecule has 2 rings (SSSR count). The maximum atomic E-state index is 11.5. The zero-order valence-electron chi connectivity index (χ0n) is 8.70. The molecule has 1 heterocycles. The quantitative estimate of drug-likeness (QED) is 0.738. The zero-order valence-corrected chi connectivity index (χ0v) is 9.45. The molecule has 16 heavy (non-hydrogen) atoms. The van der Waals surface area contributed by atoms with Gasteiger partial charge in [-0.05, 0) is 12.1 Å². The molecule has 1 amide bonds. The number of hydrogen-bond acceptors (Lipinski definition) is 3. The van der Waals surface area contributed by atoms with Crippen molar-refractivity contribution in [2.75, 3.05) is 18.6 Å². The summed E-state index contributed by atoms with van der Waals surface area (Å²) in [5.74, 6) is -0.277. The van der Waals surface area contributed by atoms with E-state index in [4.69, 9.17) is 16.3 Å². The highest BCUT2D eigenvalue weighted by atomic mass is 35.5. The minimum Gasteiger partial charge on any atom is -0.497 e. The van der Waals surface area contributed by atoms with Gasteiger partial charge in [-0.15, -0.1) is 0 Å². The standard InChI is InChI=1S/C11H10ClNO3/c1-16-7-2-3-8(12)9(6-7)13-5-4-10(14)11(13)15/h2-3,6H,4-5H2,1H3. The molecule has 1 aliphatic heterocycles. The molecule has 0 N–H and O–H groups in total. The molecular formula is C11H10ClNO3. The molecule has 0 bridgehead atoms. The van der Waals surface area contributed by atoms with E-state index in [-0.39, 0.29) is 12.2 Å². The van der Waals surface area contributed by atoms with Gasteiger partial charge >= 0.3 is 0 Å². The van der Waals surface area contributed by atoms with Gasteiger partial charge in [0.2, 0.25) is 5.78 Å². The summed E-state index contributed by atoms with van der Waals surface area (Å²) in [6.07, 6.45) is 0.242. The Morgan fingerprint density at radius 2 is 2.12 bits per heavy atom. The van der Waals surface area contributed by atoms with Crippen LogP contribution in [0.5, 0.6) is 5.75 Å². The number of Topliss-reactive ketones (excluding diaryl/α,β-unsaturated/α-hetero) is 1. The van der Waals surface area contributed by atoms with Gasteiger partial charge in [0.1, 0.15) is 5.75 Å². The van der Waals surface area contributed by atoms with E-state index < -0.39 is 5.91 Å². The Morgan fingerprint density at radius 3 is 2.69 bits per heavy atom. The number of carbonyl (C=O) groups is 2. The van der Waals surface area contributed by atoms with Crippen LogP contribution < -0.4 is 9.64 Å². The smallest absolute Gasteiger partial charge is 0.294 e. The molecule has 4 nitrogen and oxygen atoms in total. The van der Waals surface area contributed by atoms with E-state index in [9.17, 15) is 9.59 Å². The third-order valence-electron chi connectivity index (χ3n) is 2.49. The topological polar surface area (TPSA) is 46.6 Å². The van der Waals surface area contributed by atoms with E-state index in [1.54, 1.807) is 18.2 Å². The molecule has 1 aliphatic rings. The second-order valence-corrected chi connectivity index (χ2v) is 3.85. The van der Waals surface area contributed by atoms with Crippen LogP contribution in [0.1, 0.15) is 6.42 Å². The van der Waals surface area contributed by atoms with E-state index >= 15 is 0 Å². The van der Waals surface area contributed by atoms with Crippen molar-refractivity contribution in [1.29, 1.82) is 0 Å². The molecule has 0 aromatic heterocycles. The summed E-state index contributed by atoms with van der Waals surface area (Å²) in [6.45, 7) is 0.380. The largest absolute Gasteiger partial charge is 0.497 e. The van der Waals surface area contributed by atoms with E-state index in [0.717, 1.165) is 0 Å². The van der Waals surface area contributed by atoms with Gasteiger partial charge in [0.25, 0.3) is 5.91 Å². The molecule has 0 aliphatic carbocycles. The van der Waals surface area contributed by atoms with Crippen molar-refractivity contribution < 1.29 is 14.3 Å². The lowest BCUT2D eigenvalue weighted by Crippen LogP contribution is -2.27. The van der Waals surface area contributed by atoms with Crippen LogP contribution >= 0.6 is 11.6 Å². The van der Waals surface area contributed by atoms with E-state index in [0.29, 0.717) is 23.0 Å². The van der Waals surface area contributed by atoms with E-state index in [2.05, 4.69) is 0 Å². The van der Waals surface area contributed by atoms with Crippen molar-refractivity contribution in [1.82, 2.24) is 0 Å². The Hall–Kier alpha value is -1.55. The number of carbonyl (C=O) groups excluding carboxylic acids is 2. The molecule has 1 fully saturated rings. The van der Waals surface area contributed by atoms with Crippen LogP contribution in [0.25, 0.3) is 0 Å². The third-order valence-corrected chi connectivity index (χ3v) is 2.81. The van der Waals surface area contributed by atoms with Crippen molar-refractivity contribution in [2.24, 2.45) is 0 Å². The van der Waals surface area contributed by atoms with Gasteiger partial charge in [0, 0.05) is 19.0 Å². The number of rotatable bonds is 2. The number of ether oxygens (including phenoxy) is 1. The first kappa shape index (κ1) is 11.0. The van der Waals surface area contributed by atoms with Crippen LogP contribution in [0.15, 0.2) is 18.2 Å². The number of anilines is 1. The Balaban J connectivity index is 2.40. The molecule has 5 heteroatoms. The molecule has 0 spiro atoms. The lowest BCUT2D eigenvalue weighted by Gasteiger charge is -2.16.